The Morgan fingerprint density at radius 1 is 1.44 bits per heavy atom. The first kappa shape index (κ1) is 11.8. The van der Waals surface area contributed by atoms with E-state index in [1.807, 2.05) is 0 Å². The monoisotopic (exact) mass is 227 g/mol. The van der Waals surface area contributed by atoms with Crippen LogP contribution in [0.5, 0.6) is 0 Å². The standard InChI is InChI=1S/C11H21N3O2/c12-10(11(15)16)3-5-13-6-7-14-4-1-2-9(14)8-13/h9-10H,1-8,12H2,(H,15,16). The van der Waals surface area contributed by atoms with E-state index in [1.165, 1.54) is 19.4 Å². The summed E-state index contributed by atoms with van der Waals surface area (Å²) in [6.07, 6.45) is 3.16. The minimum Gasteiger partial charge on any atom is -0.480 e. The first-order valence-corrected chi connectivity index (χ1v) is 6.11. The number of rotatable bonds is 4. The minimum atomic E-state index is -0.889. The molecule has 2 saturated heterocycles. The van der Waals surface area contributed by atoms with Crippen molar-refractivity contribution in [2.45, 2.75) is 31.3 Å². The van der Waals surface area contributed by atoms with Crippen molar-refractivity contribution in [2.24, 2.45) is 5.73 Å². The summed E-state index contributed by atoms with van der Waals surface area (Å²) in [7, 11) is 0. The summed E-state index contributed by atoms with van der Waals surface area (Å²) >= 11 is 0. The lowest BCUT2D eigenvalue weighted by atomic mass is 10.1. The summed E-state index contributed by atoms with van der Waals surface area (Å²) in [5.74, 6) is -0.889. The largest absolute Gasteiger partial charge is 0.480 e. The lowest BCUT2D eigenvalue weighted by molar-refractivity contribution is -0.138. The smallest absolute Gasteiger partial charge is 0.320 e. The Hall–Kier alpha value is -0.650. The van der Waals surface area contributed by atoms with Crippen molar-refractivity contribution in [3.05, 3.63) is 0 Å². The molecule has 5 nitrogen and oxygen atoms in total. The molecule has 0 spiro atoms. The summed E-state index contributed by atoms with van der Waals surface area (Å²) in [4.78, 5) is 15.5. The van der Waals surface area contributed by atoms with Crippen LogP contribution in [0.1, 0.15) is 19.3 Å². The molecule has 5 heteroatoms. The summed E-state index contributed by atoms with van der Waals surface area (Å²) in [5, 5.41) is 8.71. The molecule has 0 aromatic heterocycles. The molecule has 2 aliphatic heterocycles. The Morgan fingerprint density at radius 3 is 3.00 bits per heavy atom. The van der Waals surface area contributed by atoms with Crippen molar-refractivity contribution >= 4 is 5.97 Å². The molecule has 0 aromatic rings. The molecule has 3 N–H and O–H groups in total. The molecule has 2 aliphatic rings. The van der Waals surface area contributed by atoms with Gasteiger partial charge in [-0.05, 0) is 25.8 Å². The van der Waals surface area contributed by atoms with Gasteiger partial charge in [-0.2, -0.15) is 0 Å². The Labute approximate surface area is 96.2 Å². The van der Waals surface area contributed by atoms with Crippen LogP contribution in [0.15, 0.2) is 0 Å². The molecule has 2 rings (SSSR count). The number of carbonyl (C=O) groups is 1. The molecule has 92 valence electrons. The van der Waals surface area contributed by atoms with Crippen molar-refractivity contribution in [3.8, 4) is 0 Å². The molecule has 0 aliphatic carbocycles. The van der Waals surface area contributed by atoms with Crippen LogP contribution in [0.4, 0.5) is 0 Å². The molecular formula is C11H21N3O2. The summed E-state index contributed by atoms with van der Waals surface area (Å²) in [5.41, 5.74) is 5.50. The molecule has 0 amide bonds. The molecule has 2 fully saturated rings. The summed E-state index contributed by atoms with van der Waals surface area (Å²) in [6, 6.07) is -0.00332. The van der Waals surface area contributed by atoms with Crippen molar-refractivity contribution < 1.29 is 9.90 Å². The normalized spacial score (nSPS) is 28.9. The second-order valence-corrected chi connectivity index (χ2v) is 4.87. The highest BCUT2D eigenvalue weighted by Crippen LogP contribution is 2.21. The first-order chi connectivity index (χ1) is 7.66. The molecule has 2 heterocycles. The van der Waals surface area contributed by atoms with Crippen LogP contribution in [0, 0.1) is 0 Å². The average molecular weight is 227 g/mol. The van der Waals surface area contributed by atoms with E-state index in [0.717, 1.165) is 26.2 Å². The number of hydrogen-bond acceptors (Lipinski definition) is 4. The van der Waals surface area contributed by atoms with Crippen molar-refractivity contribution in [3.63, 3.8) is 0 Å². The van der Waals surface area contributed by atoms with Crippen molar-refractivity contribution in [1.82, 2.24) is 9.80 Å². The van der Waals surface area contributed by atoms with Gasteiger partial charge in [0.1, 0.15) is 6.04 Å². The lowest BCUT2D eigenvalue weighted by Gasteiger charge is -2.37. The lowest BCUT2D eigenvalue weighted by Crippen LogP contribution is -2.51. The zero-order chi connectivity index (χ0) is 11.5. The van der Waals surface area contributed by atoms with E-state index >= 15 is 0 Å². The number of fused-ring (bicyclic) bond motifs is 1. The quantitative estimate of drug-likeness (QED) is 0.682. The number of nitrogens with two attached hydrogens (primary N) is 1. The fourth-order valence-electron chi connectivity index (χ4n) is 2.70. The highest BCUT2D eigenvalue weighted by atomic mass is 16.4. The molecule has 0 saturated carbocycles. The van der Waals surface area contributed by atoms with Crippen LogP contribution in [0.2, 0.25) is 0 Å². The fraction of sp³-hybridized carbons (Fsp3) is 0.909. The van der Waals surface area contributed by atoms with Gasteiger partial charge in [-0.1, -0.05) is 0 Å². The van der Waals surface area contributed by atoms with Crippen LogP contribution in [-0.4, -0.2) is 65.7 Å². The number of hydrogen-bond donors (Lipinski definition) is 2. The van der Waals surface area contributed by atoms with Gasteiger partial charge in [-0.25, -0.2) is 0 Å². The third-order valence-corrected chi connectivity index (χ3v) is 3.74. The second-order valence-electron chi connectivity index (χ2n) is 4.87. The zero-order valence-corrected chi connectivity index (χ0v) is 9.64. The predicted molar refractivity (Wildman–Crippen MR) is 61.3 cm³/mol. The summed E-state index contributed by atoms with van der Waals surface area (Å²) < 4.78 is 0. The Bertz CT molecular complexity index is 260. The van der Waals surface area contributed by atoms with Crippen LogP contribution in [-0.2, 0) is 4.79 Å². The Kier molecular flexibility index (Phi) is 3.78. The van der Waals surface area contributed by atoms with Gasteiger partial charge in [0.05, 0.1) is 0 Å². The fourth-order valence-corrected chi connectivity index (χ4v) is 2.70. The number of nitrogens with zero attached hydrogens (tertiary/aromatic N) is 2. The number of carboxylic acids is 1. The molecule has 2 atom stereocenters. The van der Waals surface area contributed by atoms with E-state index in [2.05, 4.69) is 9.80 Å². The van der Waals surface area contributed by atoms with E-state index in [-0.39, 0.29) is 0 Å². The first-order valence-electron chi connectivity index (χ1n) is 6.11. The molecule has 0 radical (unpaired) electrons. The van der Waals surface area contributed by atoms with Crippen LogP contribution in [0.25, 0.3) is 0 Å². The number of aliphatic carboxylic acids is 1. The Balaban J connectivity index is 1.73. The maximum atomic E-state index is 10.6. The third kappa shape index (κ3) is 2.72. The van der Waals surface area contributed by atoms with Crippen molar-refractivity contribution in [2.75, 3.05) is 32.7 Å². The van der Waals surface area contributed by atoms with E-state index < -0.39 is 12.0 Å². The molecule has 0 aromatic carbocycles. The van der Waals surface area contributed by atoms with Gasteiger partial charge in [0.25, 0.3) is 0 Å². The predicted octanol–water partition coefficient (Wildman–Crippen LogP) is -0.432. The molecule has 16 heavy (non-hydrogen) atoms. The van der Waals surface area contributed by atoms with Gasteiger partial charge in [-0.15, -0.1) is 0 Å². The second kappa shape index (κ2) is 5.12. The van der Waals surface area contributed by atoms with Crippen LogP contribution in [0.3, 0.4) is 0 Å². The Morgan fingerprint density at radius 2 is 2.25 bits per heavy atom. The van der Waals surface area contributed by atoms with E-state index in [9.17, 15) is 4.79 Å². The van der Waals surface area contributed by atoms with Gasteiger partial charge in [-0.3, -0.25) is 9.69 Å². The van der Waals surface area contributed by atoms with Gasteiger partial charge >= 0.3 is 5.97 Å². The van der Waals surface area contributed by atoms with E-state index in [4.69, 9.17) is 10.8 Å². The molecular weight excluding hydrogens is 206 g/mol. The van der Waals surface area contributed by atoms with Crippen LogP contribution < -0.4 is 5.73 Å². The van der Waals surface area contributed by atoms with Gasteiger partial charge in [0.15, 0.2) is 0 Å². The maximum Gasteiger partial charge on any atom is 0.320 e. The van der Waals surface area contributed by atoms with Gasteiger partial charge in [0, 0.05) is 32.2 Å². The highest BCUT2D eigenvalue weighted by molar-refractivity contribution is 5.72. The molecule has 2 unspecified atom stereocenters. The number of piperazine rings is 1. The highest BCUT2D eigenvalue weighted by Gasteiger charge is 2.30. The van der Waals surface area contributed by atoms with E-state index in [0.29, 0.717) is 12.5 Å². The third-order valence-electron chi connectivity index (χ3n) is 3.74. The maximum absolute atomic E-state index is 10.6. The van der Waals surface area contributed by atoms with Crippen molar-refractivity contribution in [1.29, 1.82) is 0 Å². The summed E-state index contributed by atoms with van der Waals surface area (Å²) in [6.45, 7) is 5.34. The zero-order valence-electron chi connectivity index (χ0n) is 9.64. The van der Waals surface area contributed by atoms with Gasteiger partial charge < -0.3 is 15.7 Å². The minimum absolute atomic E-state index is 0.558. The SMILES string of the molecule is NC(CCN1CCN2CCCC2C1)C(=O)O. The van der Waals surface area contributed by atoms with E-state index in [1.54, 1.807) is 0 Å². The molecule has 0 bridgehead atoms. The van der Waals surface area contributed by atoms with Crippen LogP contribution >= 0.6 is 0 Å². The van der Waals surface area contributed by atoms with Gasteiger partial charge in [0.2, 0.25) is 0 Å². The number of carboxylic acid groups (broad SMARTS) is 1. The average Bonchev–Trinajstić information content (AvgIpc) is 2.72. The topological polar surface area (TPSA) is 69.8 Å².